The van der Waals surface area contributed by atoms with Gasteiger partial charge in [-0.25, -0.2) is 0 Å². The SMILES string of the molecule is Cc1cc2c(cc1N1c3cc(C(C)(C)C)cc4c3B(c3c1ccc1c3sc3ccccc31)n1c3sc5ccccc5c3c3cccc-4c31)C(C)(C)CCC2(C)C. The minimum absolute atomic E-state index is 0.0216. The van der Waals surface area contributed by atoms with Crippen molar-refractivity contribution in [3.8, 4) is 11.1 Å². The summed E-state index contributed by atoms with van der Waals surface area (Å²) in [5.41, 5.74) is 16.9. The molecule has 12 rings (SSSR count). The van der Waals surface area contributed by atoms with E-state index in [0.29, 0.717) is 0 Å². The molecule has 0 amide bonds. The van der Waals surface area contributed by atoms with Crippen LogP contribution in [0, 0.1) is 6.92 Å². The molecule has 3 aliphatic rings. The molecule has 2 nitrogen and oxygen atoms in total. The van der Waals surface area contributed by atoms with Gasteiger partial charge in [0.1, 0.15) is 0 Å². The van der Waals surface area contributed by atoms with Gasteiger partial charge in [-0.05, 0) is 105 Å². The van der Waals surface area contributed by atoms with Crippen molar-refractivity contribution in [1.82, 2.24) is 4.48 Å². The van der Waals surface area contributed by atoms with Crippen molar-refractivity contribution >= 4 is 109 Å². The van der Waals surface area contributed by atoms with Crippen LogP contribution in [0.2, 0.25) is 0 Å². The Balaban J connectivity index is 1.28. The van der Waals surface area contributed by atoms with E-state index >= 15 is 0 Å². The van der Waals surface area contributed by atoms with Gasteiger partial charge in [0.05, 0.1) is 4.83 Å². The third-order valence-corrected chi connectivity index (χ3v) is 16.3. The number of benzene rings is 6. The van der Waals surface area contributed by atoms with Crippen LogP contribution >= 0.6 is 22.7 Å². The second-order valence-corrected chi connectivity index (χ2v) is 21.3. The molecule has 0 saturated carbocycles. The molecular formula is C51H45BN2S2. The summed E-state index contributed by atoms with van der Waals surface area (Å²) in [6.07, 6.45) is 2.40. The number of hydrogen-bond donors (Lipinski definition) is 0. The average molecular weight is 761 g/mol. The van der Waals surface area contributed by atoms with E-state index in [1.54, 1.807) is 0 Å². The van der Waals surface area contributed by atoms with Crippen molar-refractivity contribution in [3.05, 3.63) is 125 Å². The van der Waals surface area contributed by atoms with Crippen molar-refractivity contribution in [1.29, 1.82) is 0 Å². The molecule has 1 aliphatic carbocycles. The van der Waals surface area contributed by atoms with Crippen LogP contribution in [0.4, 0.5) is 17.1 Å². The minimum Gasteiger partial charge on any atom is -0.367 e. The summed E-state index contributed by atoms with van der Waals surface area (Å²) >= 11 is 3.94. The first-order valence-corrected chi connectivity index (χ1v) is 22.0. The molecule has 0 saturated heterocycles. The van der Waals surface area contributed by atoms with E-state index in [1.165, 1.54) is 126 Å². The van der Waals surface area contributed by atoms with E-state index in [0.717, 1.165) is 0 Å². The lowest BCUT2D eigenvalue weighted by Gasteiger charge is -2.45. The Hall–Kier alpha value is -4.84. The molecule has 2 aliphatic heterocycles. The standard InChI is InChI=1S/C51H45BN2S2/c1-28-24-36-37(51(7,8)23-22-50(36,5)6)27-39(28)53-38-21-20-32-30-14-9-11-18-41(30)55-47(32)45(38)52-44-35(25-29(26-40(44)53)49(2,3)4)31-16-13-17-34-43-33-15-10-12-19-42(33)56-48(43)54(52)46(31)34/h9-21,24-27H,22-23H2,1-8H3. The molecule has 56 heavy (non-hydrogen) atoms. The van der Waals surface area contributed by atoms with Gasteiger partial charge in [-0.3, -0.25) is 0 Å². The van der Waals surface area contributed by atoms with Gasteiger partial charge in [0.25, 0.3) is 0 Å². The average Bonchev–Trinajstić information content (AvgIpc) is 3.84. The second-order valence-electron chi connectivity index (χ2n) is 19.2. The van der Waals surface area contributed by atoms with Gasteiger partial charge in [0, 0.05) is 69.2 Å². The van der Waals surface area contributed by atoms with E-state index in [4.69, 9.17) is 0 Å². The molecular weight excluding hydrogens is 716 g/mol. The lowest BCUT2D eigenvalue weighted by molar-refractivity contribution is 0.332. The van der Waals surface area contributed by atoms with Crippen molar-refractivity contribution in [2.24, 2.45) is 0 Å². The zero-order valence-corrected chi connectivity index (χ0v) is 35.2. The number of para-hydroxylation sites is 1. The summed E-state index contributed by atoms with van der Waals surface area (Å²) in [5.74, 6) is 0. The van der Waals surface area contributed by atoms with Crippen LogP contribution in [-0.4, -0.2) is 11.3 Å². The molecule has 0 spiro atoms. The summed E-state index contributed by atoms with van der Waals surface area (Å²) in [5, 5.41) is 6.84. The second kappa shape index (κ2) is 10.8. The Morgan fingerprint density at radius 3 is 2.04 bits per heavy atom. The molecule has 274 valence electrons. The first kappa shape index (κ1) is 33.3. The highest BCUT2D eigenvalue weighted by molar-refractivity contribution is 7.28. The smallest absolute Gasteiger partial charge is 0.335 e. The normalized spacial score (nSPS) is 16.6. The molecule has 3 aromatic heterocycles. The molecule has 9 aromatic rings. The highest BCUT2D eigenvalue weighted by Gasteiger charge is 2.46. The van der Waals surface area contributed by atoms with Crippen LogP contribution in [0.3, 0.4) is 0 Å². The maximum Gasteiger partial charge on any atom is 0.335 e. The van der Waals surface area contributed by atoms with Gasteiger partial charge in [0.15, 0.2) is 0 Å². The van der Waals surface area contributed by atoms with Crippen LogP contribution in [0.25, 0.3) is 62.5 Å². The summed E-state index contributed by atoms with van der Waals surface area (Å²) in [6.45, 7) is 19.4. The molecule has 0 fully saturated rings. The predicted octanol–water partition coefficient (Wildman–Crippen LogP) is 13.7. The third kappa shape index (κ3) is 4.18. The zero-order chi connectivity index (χ0) is 38.2. The lowest BCUT2D eigenvalue weighted by atomic mass is 9.45. The first-order chi connectivity index (χ1) is 26.8. The quantitative estimate of drug-likeness (QED) is 0.151. The van der Waals surface area contributed by atoms with Gasteiger partial charge in [-0.2, -0.15) is 0 Å². The van der Waals surface area contributed by atoms with Gasteiger partial charge < -0.3 is 9.38 Å². The molecule has 5 heteroatoms. The highest BCUT2D eigenvalue weighted by atomic mass is 32.1. The van der Waals surface area contributed by atoms with Crippen LogP contribution < -0.4 is 15.8 Å². The van der Waals surface area contributed by atoms with Gasteiger partial charge in [-0.15, -0.1) is 22.7 Å². The Bertz CT molecular complexity index is 3220. The van der Waals surface area contributed by atoms with E-state index < -0.39 is 0 Å². The number of aromatic nitrogens is 1. The van der Waals surface area contributed by atoms with E-state index in [1.807, 2.05) is 22.7 Å². The molecule has 0 radical (unpaired) electrons. The first-order valence-electron chi connectivity index (χ1n) is 20.3. The molecule has 0 N–H and O–H groups in total. The van der Waals surface area contributed by atoms with Crippen LogP contribution in [0.15, 0.2) is 103 Å². The van der Waals surface area contributed by atoms with Crippen LogP contribution in [-0.2, 0) is 16.2 Å². The number of thiophene rings is 2. The monoisotopic (exact) mass is 760 g/mol. The van der Waals surface area contributed by atoms with E-state index in [9.17, 15) is 0 Å². The minimum atomic E-state index is -0.0385. The number of fused-ring (bicyclic) bond motifs is 14. The van der Waals surface area contributed by atoms with Crippen molar-refractivity contribution < 1.29 is 0 Å². The van der Waals surface area contributed by atoms with Crippen molar-refractivity contribution in [2.75, 3.05) is 4.90 Å². The molecule has 0 bridgehead atoms. The van der Waals surface area contributed by atoms with E-state index in [-0.39, 0.29) is 23.1 Å². The number of anilines is 3. The van der Waals surface area contributed by atoms with Gasteiger partial charge in [-0.1, -0.05) is 121 Å². The molecule has 0 atom stereocenters. The zero-order valence-electron chi connectivity index (χ0n) is 33.5. The summed E-state index contributed by atoms with van der Waals surface area (Å²) in [4.78, 5) is 4.08. The fraction of sp³-hybridized carbons (Fsp3) is 0.255. The Kier molecular flexibility index (Phi) is 6.40. The van der Waals surface area contributed by atoms with Gasteiger partial charge in [0.2, 0.25) is 0 Å². The van der Waals surface area contributed by atoms with Crippen molar-refractivity contribution in [2.45, 2.75) is 84.5 Å². The largest absolute Gasteiger partial charge is 0.367 e. The van der Waals surface area contributed by atoms with Gasteiger partial charge >= 0.3 is 6.85 Å². The van der Waals surface area contributed by atoms with Crippen LogP contribution in [0.1, 0.15) is 83.6 Å². The number of nitrogens with zero attached hydrogens (tertiary/aromatic N) is 2. The Morgan fingerprint density at radius 1 is 0.607 bits per heavy atom. The maximum atomic E-state index is 2.78. The van der Waals surface area contributed by atoms with Crippen LogP contribution in [0.5, 0.6) is 0 Å². The predicted molar refractivity (Wildman–Crippen MR) is 247 cm³/mol. The number of rotatable bonds is 1. The fourth-order valence-electron chi connectivity index (χ4n) is 10.8. The summed E-state index contributed by atoms with van der Waals surface area (Å²) < 4.78 is 6.89. The maximum absolute atomic E-state index is 2.78. The molecule has 5 heterocycles. The topological polar surface area (TPSA) is 8.17 Å². The number of aryl methyl sites for hydroxylation is 1. The molecule has 0 unspecified atom stereocenters. The number of hydrogen-bond acceptors (Lipinski definition) is 3. The lowest BCUT2D eigenvalue weighted by Crippen LogP contribution is -2.57. The highest BCUT2D eigenvalue weighted by Crippen LogP contribution is 2.53. The Morgan fingerprint density at radius 2 is 1.29 bits per heavy atom. The van der Waals surface area contributed by atoms with E-state index in [2.05, 4.69) is 168 Å². The summed E-state index contributed by atoms with van der Waals surface area (Å²) in [6, 6.07) is 40.4. The van der Waals surface area contributed by atoms with Crippen molar-refractivity contribution in [3.63, 3.8) is 0 Å². The third-order valence-electron chi connectivity index (χ3n) is 13.9. The summed E-state index contributed by atoms with van der Waals surface area (Å²) in [7, 11) is 0. The molecule has 6 aromatic carbocycles. The Labute approximate surface area is 337 Å². The fourth-order valence-corrected chi connectivity index (χ4v) is 13.3.